The molecule has 1 fully saturated rings. The molecule has 6 heteroatoms. The molecule has 1 heterocycles. The Kier molecular flexibility index (Phi) is 5.71. The van der Waals surface area contributed by atoms with Crippen molar-refractivity contribution in [2.45, 2.75) is 0 Å². The highest BCUT2D eigenvalue weighted by Gasteiger charge is 2.25. The summed E-state index contributed by atoms with van der Waals surface area (Å²) in [5.74, 6) is 0.607. The first-order valence-electron chi connectivity index (χ1n) is 8.14. The molecule has 0 bridgehead atoms. The second-order valence-corrected chi connectivity index (χ2v) is 6.61. The Bertz CT molecular complexity index is 743. The van der Waals surface area contributed by atoms with E-state index in [0.29, 0.717) is 37.5 Å². The van der Waals surface area contributed by atoms with E-state index in [1.807, 2.05) is 48.5 Å². The minimum atomic E-state index is -0.0585. The van der Waals surface area contributed by atoms with E-state index in [9.17, 15) is 9.59 Å². The summed E-state index contributed by atoms with van der Waals surface area (Å²) in [6, 6.07) is 16.7. The van der Waals surface area contributed by atoms with Gasteiger partial charge in [0.05, 0.1) is 5.56 Å². The van der Waals surface area contributed by atoms with Gasteiger partial charge in [-0.2, -0.15) is 0 Å². The zero-order chi connectivity index (χ0) is 17.6. The molecular weight excluding hydrogens is 384 g/mol. The van der Waals surface area contributed by atoms with Gasteiger partial charge in [-0.15, -0.1) is 0 Å². The maximum atomic E-state index is 12.6. The highest BCUT2D eigenvalue weighted by atomic mass is 79.9. The van der Waals surface area contributed by atoms with Gasteiger partial charge in [0.15, 0.2) is 6.61 Å². The van der Waals surface area contributed by atoms with E-state index in [0.717, 1.165) is 4.47 Å². The van der Waals surface area contributed by atoms with Crippen LogP contribution in [0.3, 0.4) is 0 Å². The summed E-state index contributed by atoms with van der Waals surface area (Å²) in [7, 11) is 0. The molecule has 0 unspecified atom stereocenters. The van der Waals surface area contributed by atoms with Crippen LogP contribution in [0, 0.1) is 0 Å². The topological polar surface area (TPSA) is 49.9 Å². The van der Waals surface area contributed by atoms with Gasteiger partial charge in [-0.25, -0.2) is 0 Å². The number of hydrogen-bond acceptors (Lipinski definition) is 3. The molecule has 2 amide bonds. The molecule has 5 nitrogen and oxygen atoms in total. The predicted molar refractivity (Wildman–Crippen MR) is 98.6 cm³/mol. The molecule has 0 spiro atoms. The van der Waals surface area contributed by atoms with Crippen LogP contribution in [-0.4, -0.2) is 54.4 Å². The summed E-state index contributed by atoms with van der Waals surface area (Å²) in [5.41, 5.74) is 0.648. The maximum absolute atomic E-state index is 12.6. The number of hydrogen-bond donors (Lipinski definition) is 0. The third-order valence-electron chi connectivity index (χ3n) is 4.13. The monoisotopic (exact) mass is 402 g/mol. The van der Waals surface area contributed by atoms with Gasteiger partial charge in [-0.05, 0) is 40.2 Å². The molecule has 130 valence electrons. The molecule has 2 aromatic rings. The Labute approximate surface area is 155 Å². The smallest absolute Gasteiger partial charge is 0.260 e. The van der Waals surface area contributed by atoms with Crippen molar-refractivity contribution in [2.24, 2.45) is 0 Å². The van der Waals surface area contributed by atoms with Crippen LogP contribution in [-0.2, 0) is 4.79 Å². The minimum Gasteiger partial charge on any atom is -0.484 e. The number of benzene rings is 2. The molecular formula is C19H19BrN2O3. The highest BCUT2D eigenvalue weighted by molar-refractivity contribution is 9.10. The summed E-state index contributed by atoms with van der Waals surface area (Å²) in [6.45, 7) is 2.11. The fourth-order valence-electron chi connectivity index (χ4n) is 2.72. The quantitative estimate of drug-likeness (QED) is 0.789. The number of amides is 2. The lowest BCUT2D eigenvalue weighted by Gasteiger charge is -2.34. The number of rotatable bonds is 4. The molecule has 0 saturated carbocycles. The van der Waals surface area contributed by atoms with Crippen LogP contribution in [0.4, 0.5) is 0 Å². The lowest BCUT2D eigenvalue weighted by atomic mass is 10.2. The zero-order valence-corrected chi connectivity index (χ0v) is 15.3. The van der Waals surface area contributed by atoms with E-state index in [4.69, 9.17) is 4.74 Å². The molecule has 2 aromatic carbocycles. The summed E-state index contributed by atoms with van der Waals surface area (Å²) in [5, 5.41) is 0. The summed E-state index contributed by atoms with van der Waals surface area (Å²) in [6.07, 6.45) is 0. The fraction of sp³-hybridized carbons (Fsp3) is 0.263. The molecule has 0 aliphatic carbocycles. The summed E-state index contributed by atoms with van der Waals surface area (Å²) in [4.78, 5) is 28.4. The number of halogens is 1. The summed E-state index contributed by atoms with van der Waals surface area (Å²) < 4.78 is 6.29. The average Bonchev–Trinajstić information content (AvgIpc) is 2.67. The van der Waals surface area contributed by atoms with Gasteiger partial charge in [0.25, 0.3) is 11.8 Å². The number of para-hydroxylation sites is 1. The van der Waals surface area contributed by atoms with Gasteiger partial charge < -0.3 is 14.5 Å². The fourth-order valence-corrected chi connectivity index (χ4v) is 3.17. The van der Waals surface area contributed by atoms with Crippen molar-refractivity contribution in [3.05, 3.63) is 64.6 Å². The van der Waals surface area contributed by atoms with E-state index >= 15 is 0 Å². The molecule has 0 aromatic heterocycles. The first kappa shape index (κ1) is 17.5. The number of piperazine rings is 1. The van der Waals surface area contributed by atoms with Crippen molar-refractivity contribution in [2.75, 3.05) is 32.8 Å². The SMILES string of the molecule is O=C(COc1ccccc1)N1CCN(C(=O)c2ccccc2Br)CC1. The Morgan fingerprint density at radius 3 is 2.16 bits per heavy atom. The van der Waals surface area contributed by atoms with E-state index < -0.39 is 0 Å². The van der Waals surface area contributed by atoms with Crippen LogP contribution < -0.4 is 4.74 Å². The lowest BCUT2D eigenvalue weighted by molar-refractivity contribution is -0.134. The molecule has 1 aliphatic rings. The predicted octanol–water partition coefficient (Wildman–Crippen LogP) is 2.81. The van der Waals surface area contributed by atoms with Gasteiger partial charge in [-0.3, -0.25) is 9.59 Å². The van der Waals surface area contributed by atoms with Gasteiger partial charge in [0, 0.05) is 30.7 Å². The molecule has 0 atom stereocenters. The van der Waals surface area contributed by atoms with Gasteiger partial charge in [-0.1, -0.05) is 30.3 Å². The number of nitrogens with zero attached hydrogens (tertiary/aromatic N) is 2. The normalized spacial score (nSPS) is 14.3. The van der Waals surface area contributed by atoms with Crippen LogP contribution in [0.5, 0.6) is 5.75 Å². The van der Waals surface area contributed by atoms with Crippen molar-refractivity contribution in [3.8, 4) is 5.75 Å². The van der Waals surface area contributed by atoms with Crippen molar-refractivity contribution in [1.29, 1.82) is 0 Å². The zero-order valence-electron chi connectivity index (χ0n) is 13.7. The van der Waals surface area contributed by atoms with Crippen LogP contribution >= 0.6 is 15.9 Å². The second-order valence-electron chi connectivity index (χ2n) is 5.75. The van der Waals surface area contributed by atoms with Gasteiger partial charge in [0.2, 0.25) is 0 Å². The molecule has 1 saturated heterocycles. The standard InChI is InChI=1S/C19H19BrN2O3/c20-17-9-5-4-8-16(17)19(24)22-12-10-21(11-13-22)18(23)14-25-15-6-2-1-3-7-15/h1-9H,10-14H2. The Morgan fingerprint density at radius 2 is 1.48 bits per heavy atom. The highest BCUT2D eigenvalue weighted by Crippen LogP contribution is 2.19. The lowest BCUT2D eigenvalue weighted by Crippen LogP contribution is -2.51. The van der Waals surface area contributed by atoms with Crippen LogP contribution in [0.15, 0.2) is 59.1 Å². The van der Waals surface area contributed by atoms with E-state index in [-0.39, 0.29) is 18.4 Å². The van der Waals surface area contributed by atoms with Crippen molar-refractivity contribution in [3.63, 3.8) is 0 Å². The van der Waals surface area contributed by atoms with Crippen LogP contribution in [0.1, 0.15) is 10.4 Å². The molecule has 25 heavy (non-hydrogen) atoms. The maximum Gasteiger partial charge on any atom is 0.260 e. The van der Waals surface area contributed by atoms with Gasteiger partial charge in [0.1, 0.15) is 5.75 Å². The second kappa shape index (κ2) is 8.16. The average molecular weight is 403 g/mol. The Morgan fingerprint density at radius 1 is 0.880 bits per heavy atom. The van der Waals surface area contributed by atoms with Crippen molar-refractivity contribution in [1.82, 2.24) is 9.80 Å². The largest absolute Gasteiger partial charge is 0.484 e. The third-order valence-corrected chi connectivity index (χ3v) is 4.82. The first-order valence-corrected chi connectivity index (χ1v) is 8.94. The number of carbonyl (C=O) groups excluding carboxylic acids is 2. The van der Waals surface area contributed by atoms with Crippen LogP contribution in [0.25, 0.3) is 0 Å². The van der Waals surface area contributed by atoms with E-state index in [1.54, 1.807) is 15.9 Å². The molecule has 1 aliphatic heterocycles. The van der Waals surface area contributed by atoms with Crippen molar-refractivity contribution >= 4 is 27.7 Å². The van der Waals surface area contributed by atoms with E-state index in [2.05, 4.69) is 15.9 Å². The number of ether oxygens (including phenoxy) is 1. The van der Waals surface area contributed by atoms with Crippen LogP contribution in [0.2, 0.25) is 0 Å². The summed E-state index contributed by atoms with van der Waals surface area (Å²) >= 11 is 3.41. The van der Waals surface area contributed by atoms with Gasteiger partial charge >= 0.3 is 0 Å². The molecule has 3 rings (SSSR count). The molecule has 0 N–H and O–H groups in total. The minimum absolute atomic E-state index is 0.0138. The Balaban J connectivity index is 1.50. The van der Waals surface area contributed by atoms with E-state index in [1.165, 1.54) is 0 Å². The van der Waals surface area contributed by atoms with Crippen molar-refractivity contribution < 1.29 is 14.3 Å². The third kappa shape index (κ3) is 4.39. The number of carbonyl (C=O) groups is 2. The first-order chi connectivity index (χ1) is 12.1. The molecule has 0 radical (unpaired) electrons. The Hall–Kier alpha value is -2.34.